The second-order valence-corrected chi connectivity index (χ2v) is 3.23. The van der Waals surface area contributed by atoms with Crippen LogP contribution in [0, 0.1) is 5.82 Å². The van der Waals surface area contributed by atoms with Crippen LogP contribution in [0.3, 0.4) is 0 Å². The van der Waals surface area contributed by atoms with Crippen molar-refractivity contribution in [1.82, 2.24) is 4.98 Å². The number of H-pyrrole nitrogens is 1. The number of aromatic carboxylic acids is 1. The van der Waals surface area contributed by atoms with Crippen molar-refractivity contribution in [1.29, 1.82) is 0 Å². The second kappa shape index (κ2) is 2.99. The average Bonchev–Trinajstić information content (AvgIpc) is 2.47. The normalized spacial score (nSPS) is 10.7. The minimum Gasteiger partial charge on any atom is -0.543 e. The van der Waals surface area contributed by atoms with Crippen LogP contribution in [0.15, 0.2) is 18.2 Å². The quantitative estimate of drug-likeness (QED) is 0.775. The Morgan fingerprint density at radius 1 is 1.43 bits per heavy atom. The molecular formula is C9H4ClFNO2-. The van der Waals surface area contributed by atoms with E-state index in [2.05, 4.69) is 4.98 Å². The molecule has 72 valence electrons. The number of nitrogens with one attached hydrogen (secondary N) is 1. The summed E-state index contributed by atoms with van der Waals surface area (Å²) in [6, 6.07) is 3.61. The molecule has 0 unspecified atom stereocenters. The molecule has 3 nitrogen and oxygen atoms in total. The number of hydrogen-bond donors (Lipinski definition) is 1. The molecule has 1 aromatic carbocycles. The van der Waals surface area contributed by atoms with E-state index in [9.17, 15) is 14.3 Å². The van der Waals surface area contributed by atoms with Gasteiger partial charge in [0.05, 0.1) is 22.2 Å². The number of carboxylic acid groups (broad SMARTS) is 1. The van der Waals surface area contributed by atoms with Gasteiger partial charge in [0.15, 0.2) is 0 Å². The van der Waals surface area contributed by atoms with E-state index in [1.54, 1.807) is 0 Å². The SMILES string of the molecule is O=C([O-])c1cc2c(Cl)cc(F)cc2[nH]1. The van der Waals surface area contributed by atoms with Gasteiger partial charge in [-0.3, -0.25) is 0 Å². The van der Waals surface area contributed by atoms with Crippen molar-refractivity contribution in [3.8, 4) is 0 Å². The summed E-state index contributed by atoms with van der Waals surface area (Å²) in [5, 5.41) is 11.1. The van der Waals surface area contributed by atoms with Crippen LogP contribution in [0.4, 0.5) is 4.39 Å². The van der Waals surface area contributed by atoms with Crippen LogP contribution >= 0.6 is 11.6 Å². The number of rotatable bonds is 1. The molecule has 0 aliphatic rings. The first-order valence-corrected chi connectivity index (χ1v) is 4.15. The molecule has 0 spiro atoms. The predicted octanol–water partition coefficient (Wildman–Crippen LogP) is 1.32. The highest BCUT2D eigenvalue weighted by atomic mass is 35.5. The molecule has 1 aromatic heterocycles. The Morgan fingerprint density at radius 2 is 2.14 bits per heavy atom. The summed E-state index contributed by atoms with van der Waals surface area (Å²) < 4.78 is 12.8. The zero-order valence-corrected chi connectivity index (χ0v) is 7.56. The predicted molar refractivity (Wildman–Crippen MR) is 47.6 cm³/mol. The minimum atomic E-state index is -1.35. The van der Waals surface area contributed by atoms with Crippen molar-refractivity contribution < 1.29 is 14.3 Å². The van der Waals surface area contributed by atoms with Crippen LogP contribution in [0.25, 0.3) is 10.9 Å². The maximum Gasteiger partial charge on any atom is 0.126 e. The lowest BCUT2D eigenvalue weighted by Crippen LogP contribution is -2.22. The number of carbonyl (C=O) groups excluding carboxylic acids is 1. The molecule has 2 aromatic rings. The Morgan fingerprint density at radius 3 is 2.79 bits per heavy atom. The molecule has 0 radical (unpaired) electrons. The molecule has 0 fully saturated rings. The van der Waals surface area contributed by atoms with Crippen LogP contribution in [0.1, 0.15) is 10.5 Å². The highest BCUT2D eigenvalue weighted by Gasteiger charge is 2.06. The van der Waals surface area contributed by atoms with Crippen LogP contribution in [-0.4, -0.2) is 11.0 Å². The van der Waals surface area contributed by atoms with Gasteiger partial charge in [0, 0.05) is 5.39 Å². The zero-order chi connectivity index (χ0) is 10.3. The topological polar surface area (TPSA) is 55.9 Å². The molecule has 1 heterocycles. The Kier molecular flexibility index (Phi) is 1.93. The smallest absolute Gasteiger partial charge is 0.126 e. The van der Waals surface area contributed by atoms with E-state index in [4.69, 9.17) is 11.6 Å². The van der Waals surface area contributed by atoms with Gasteiger partial charge in [0.2, 0.25) is 0 Å². The molecule has 0 amide bonds. The van der Waals surface area contributed by atoms with Crippen molar-refractivity contribution in [2.24, 2.45) is 0 Å². The maximum atomic E-state index is 12.8. The highest BCUT2D eigenvalue weighted by Crippen LogP contribution is 2.25. The summed E-state index contributed by atoms with van der Waals surface area (Å²) >= 11 is 5.71. The fraction of sp³-hybridized carbons (Fsp3) is 0. The number of hydrogen-bond acceptors (Lipinski definition) is 2. The van der Waals surface area contributed by atoms with E-state index in [1.807, 2.05) is 0 Å². The zero-order valence-electron chi connectivity index (χ0n) is 6.80. The van der Waals surface area contributed by atoms with Gasteiger partial charge >= 0.3 is 0 Å². The molecule has 14 heavy (non-hydrogen) atoms. The standard InChI is InChI=1S/C9H5ClFNO2/c10-6-1-4(11)2-7-5(6)3-8(12-7)9(13)14/h1-3,12H,(H,13,14)/p-1. The third-order valence-corrected chi connectivity index (χ3v) is 2.18. The number of halogens is 2. The number of carboxylic acids is 1. The van der Waals surface area contributed by atoms with E-state index < -0.39 is 11.8 Å². The first kappa shape index (κ1) is 9.02. The van der Waals surface area contributed by atoms with Gasteiger partial charge in [-0.05, 0) is 18.2 Å². The van der Waals surface area contributed by atoms with Gasteiger partial charge in [-0.25, -0.2) is 4.39 Å². The summed E-state index contributed by atoms with van der Waals surface area (Å²) in [6.07, 6.45) is 0. The van der Waals surface area contributed by atoms with Crippen LogP contribution < -0.4 is 5.11 Å². The van der Waals surface area contributed by atoms with E-state index in [0.29, 0.717) is 10.9 Å². The van der Waals surface area contributed by atoms with Crippen LogP contribution in [-0.2, 0) is 0 Å². The van der Waals surface area contributed by atoms with Gasteiger partial charge in [-0.1, -0.05) is 11.6 Å². The fourth-order valence-electron chi connectivity index (χ4n) is 1.27. The third-order valence-electron chi connectivity index (χ3n) is 1.87. The molecule has 1 N–H and O–H groups in total. The first-order chi connectivity index (χ1) is 6.58. The Bertz CT molecular complexity index is 521. The number of fused-ring (bicyclic) bond motifs is 1. The largest absolute Gasteiger partial charge is 0.543 e. The lowest BCUT2D eigenvalue weighted by molar-refractivity contribution is -0.255. The lowest BCUT2D eigenvalue weighted by atomic mass is 10.2. The third kappa shape index (κ3) is 1.33. The van der Waals surface area contributed by atoms with Gasteiger partial charge in [-0.2, -0.15) is 0 Å². The molecule has 5 heteroatoms. The first-order valence-electron chi connectivity index (χ1n) is 3.77. The molecule has 0 aliphatic heterocycles. The van der Waals surface area contributed by atoms with E-state index in [-0.39, 0.29) is 10.7 Å². The summed E-state index contributed by atoms with van der Waals surface area (Å²) in [4.78, 5) is 13.0. The van der Waals surface area contributed by atoms with E-state index in [1.165, 1.54) is 12.1 Å². The molecule has 2 rings (SSSR count). The second-order valence-electron chi connectivity index (χ2n) is 2.82. The van der Waals surface area contributed by atoms with Gasteiger partial charge < -0.3 is 14.9 Å². The lowest BCUT2D eigenvalue weighted by Gasteiger charge is -1.94. The molecule has 0 atom stereocenters. The van der Waals surface area contributed by atoms with Gasteiger partial charge in [-0.15, -0.1) is 0 Å². The van der Waals surface area contributed by atoms with Crippen molar-refractivity contribution in [3.05, 3.63) is 34.7 Å². The molecule has 0 bridgehead atoms. The summed E-state index contributed by atoms with van der Waals surface area (Å²) in [7, 11) is 0. The summed E-state index contributed by atoms with van der Waals surface area (Å²) in [5.74, 6) is -1.87. The number of carbonyl (C=O) groups is 1. The summed E-state index contributed by atoms with van der Waals surface area (Å²) in [6.45, 7) is 0. The van der Waals surface area contributed by atoms with Gasteiger partial charge in [0.25, 0.3) is 0 Å². The fourth-order valence-corrected chi connectivity index (χ4v) is 1.53. The molecule has 0 aliphatic carbocycles. The van der Waals surface area contributed by atoms with Crippen LogP contribution in [0.5, 0.6) is 0 Å². The molecule has 0 saturated heterocycles. The van der Waals surface area contributed by atoms with Crippen LogP contribution in [0.2, 0.25) is 5.02 Å². The van der Waals surface area contributed by atoms with Gasteiger partial charge in [0.1, 0.15) is 5.82 Å². The number of benzene rings is 1. The molecule has 0 saturated carbocycles. The minimum absolute atomic E-state index is 0.118. The number of aromatic nitrogens is 1. The highest BCUT2D eigenvalue weighted by molar-refractivity contribution is 6.35. The van der Waals surface area contributed by atoms with E-state index >= 15 is 0 Å². The van der Waals surface area contributed by atoms with Crippen molar-refractivity contribution in [2.45, 2.75) is 0 Å². The van der Waals surface area contributed by atoms with Crippen molar-refractivity contribution in [3.63, 3.8) is 0 Å². The number of aromatic amines is 1. The Balaban J connectivity index is 2.76. The summed E-state index contributed by atoms with van der Waals surface area (Å²) in [5.41, 5.74) is 0.224. The average molecular weight is 213 g/mol. The maximum absolute atomic E-state index is 12.8. The Hall–Kier alpha value is -1.55. The molecular weight excluding hydrogens is 209 g/mol. The monoisotopic (exact) mass is 212 g/mol. The Labute approximate surface area is 83.1 Å². The van der Waals surface area contributed by atoms with Crippen molar-refractivity contribution >= 4 is 28.5 Å². The van der Waals surface area contributed by atoms with Crippen molar-refractivity contribution in [2.75, 3.05) is 0 Å². The van der Waals surface area contributed by atoms with E-state index in [0.717, 1.165) is 6.07 Å².